The highest BCUT2D eigenvalue weighted by atomic mass is 79.9. The number of carbonyl (C=O) groups excluding carboxylic acids is 1. The smallest absolute Gasteiger partial charge is 0.248 e. The topological polar surface area (TPSA) is 29.1 Å². The first-order valence-corrected chi connectivity index (χ1v) is 4.71. The molecule has 0 fully saturated rings. The van der Waals surface area contributed by atoms with E-state index in [0.29, 0.717) is 0 Å². The molecule has 1 aromatic rings. The highest BCUT2D eigenvalue weighted by molar-refractivity contribution is 9.10. The van der Waals surface area contributed by atoms with Gasteiger partial charge in [0.05, 0.1) is 0 Å². The number of allylic oxidation sites excluding steroid dienone is 1. The number of hydrogen-bond acceptors (Lipinski definition) is 1. The summed E-state index contributed by atoms with van der Waals surface area (Å²) >= 11 is 3.32. The van der Waals surface area contributed by atoms with E-state index in [-0.39, 0.29) is 5.91 Å². The number of carbonyl (C=O) groups is 1. The first kappa shape index (κ1) is 9.99. The van der Waals surface area contributed by atoms with Crippen molar-refractivity contribution in [2.45, 2.75) is 6.92 Å². The maximum absolute atomic E-state index is 11.1. The molecule has 1 amide bonds. The number of benzene rings is 1. The minimum atomic E-state index is -0.111. The van der Waals surface area contributed by atoms with Crippen LogP contribution in [-0.2, 0) is 4.79 Å². The normalized spacial score (nSPS) is 10.3. The molecule has 3 heteroatoms. The Morgan fingerprint density at radius 2 is 2.31 bits per heavy atom. The number of nitrogens with one attached hydrogen (secondary N) is 1. The van der Waals surface area contributed by atoms with Crippen LogP contribution in [-0.4, -0.2) is 5.91 Å². The van der Waals surface area contributed by atoms with Crippen LogP contribution in [0.3, 0.4) is 0 Å². The zero-order chi connectivity index (χ0) is 9.68. The van der Waals surface area contributed by atoms with Gasteiger partial charge in [0.25, 0.3) is 0 Å². The van der Waals surface area contributed by atoms with Crippen molar-refractivity contribution in [3.8, 4) is 0 Å². The molecule has 0 saturated carbocycles. The van der Waals surface area contributed by atoms with E-state index in [1.807, 2.05) is 24.3 Å². The molecule has 1 rings (SSSR count). The SMILES string of the molecule is C/C=C/C(=O)Nc1cccc(Br)c1. The molecule has 1 N–H and O–H groups in total. The third-order valence-electron chi connectivity index (χ3n) is 1.41. The highest BCUT2D eigenvalue weighted by Gasteiger charge is 1.96. The Bertz CT molecular complexity index is 333. The van der Waals surface area contributed by atoms with Gasteiger partial charge < -0.3 is 5.32 Å². The Balaban J connectivity index is 2.69. The number of anilines is 1. The minimum absolute atomic E-state index is 0.111. The van der Waals surface area contributed by atoms with Gasteiger partial charge in [0.2, 0.25) is 5.91 Å². The van der Waals surface area contributed by atoms with E-state index in [1.54, 1.807) is 13.0 Å². The minimum Gasteiger partial charge on any atom is -0.322 e. The van der Waals surface area contributed by atoms with Gasteiger partial charge in [-0.15, -0.1) is 0 Å². The zero-order valence-corrected chi connectivity index (χ0v) is 8.84. The molecule has 68 valence electrons. The Labute approximate surface area is 85.8 Å². The molecule has 0 unspecified atom stereocenters. The van der Waals surface area contributed by atoms with Crippen molar-refractivity contribution in [2.24, 2.45) is 0 Å². The lowest BCUT2D eigenvalue weighted by molar-refractivity contribution is -0.111. The van der Waals surface area contributed by atoms with E-state index in [1.165, 1.54) is 6.08 Å². The van der Waals surface area contributed by atoms with Gasteiger partial charge in [0, 0.05) is 10.2 Å². The third kappa shape index (κ3) is 3.42. The average Bonchev–Trinajstić information content (AvgIpc) is 2.04. The number of rotatable bonds is 2. The van der Waals surface area contributed by atoms with Crippen LogP contribution in [0.2, 0.25) is 0 Å². The van der Waals surface area contributed by atoms with Crippen molar-refractivity contribution >= 4 is 27.5 Å². The standard InChI is InChI=1S/C10H10BrNO/c1-2-4-10(13)12-9-6-3-5-8(11)7-9/h2-7H,1H3,(H,12,13)/b4-2+. The van der Waals surface area contributed by atoms with Crippen LogP contribution < -0.4 is 5.32 Å². The first-order valence-electron chi connectivity index (χ1n) is 3.91. The summed E-state index contributed by atoms with van der Waals surface area (Å²) in [6.45, 7) is 1.81. The van der Waals surface area contributed by atoms with Gasteiger partial charge >= 0.3 is 0 Å². The van der Waals surface area contributed by atoms with Crippen LogP contribution in [0.25, 0.3) is 0 Å². The van der Waals surface area contributed by atoms with Crippen molar-refractivity contribution in [2.75, 3.05) is 5.32 Å². The van der Waals surface area contributed by atoms with E-state index in [9.17, 15) is 4.79 Å². The highest BCUT2D eigenvalue weighted by Crippen LogP contribution is 2.15. The van der Waals surface area contributed by atoms with E-state index < -0.39 is 0 Å². The largest absolute Gasteiger partial charge is 0.322 e. The maximum Gasteiger partial charge on any atom is 0.248 e. The van der Waals surface area contributed by atoms with Gasteiger partial charge in [-0.05, 0) is 31.2 Å². The van der Waals surface area contributed by atoms with Crippen LogP contribution in [0.5, 0.6) is 0 Å². The first-order chi connectivity index (χ1) is 6.22. The molecule has 0 saturated heterocycles. The Hall–Kier alpha value is -1.09. The van der Waals surface area contributed by atoms with Crippen LogP contribution in [0.4, 0.5) is 5.69 Å². The fourth-order valence-corrected chi connectivity index (χ4v) is 1.30. The summed E-state index contributed by atoms with van der Waals surface area (Å²) in [5.41, 5.74) is 0.789. The molecule has 0 aromatic heterocycles. The molecular formula is C10H10BrNO. The number of amides is 1. The summed E-state index contributed by atoms with van der Waals surface area (Å²) in [6, 6.07) is 7.47. The second-order valence-electron chi connectivity index (χ2n) is 2.50. The zero-order valence-electron chi connectivity index (χ0n) is 7.25. The van der Waals surface area contributed by atoms with Crippen LogP contribution in [0, 0.1) is 0 Å². The lowest BCUT2D eigenvalue weighted by Gasteiger charge is -2.01. The van der Waals surface area contributed by atoms with Crippen molar-refractivity contribution in [1.82, 2.24) is 0 Å². The summed E-state index contributed by atoms with van der Waals surface area (Å²) in [7, 11) is 0. The van der Waals surface area contributed by atoms with E-state index in [0.717, 1.165) is 10.2 Å². The van der Waals surface area contributed by atoms with Crippen molar-refractivity contribution in [1.29, 1.82) is 0 Å². The summed E-state index contributed by atoms with van der Waals surface area (Å²) in [5.74, 6) is -0.111. The fourth-order valence-electron chi connectivity index (χ4n) is 0.902. The van der Waals surface area contributed by atoms with E-state index >= 15 is 0 Å². The van der Waals surface area contributed by atoms with Gasteiger partial charge in [-0.25, -0.2) is 0 Å². The molecular weight excluding hydrogens is 230 g/mol. The molecule has 0 heterocycles. The molecule has 0 aliphatic carbocycles. The molecule has 2 nitrogen and oxygen atoms in total. The lowest BCUT2D eigenvalue weighted by atomic mass is 10.3. The molecule has 13 heavy (non-hydrogen) atoms. The van der Waals surface area contributed by atoms with E-state index in [2.05, 4.69) is 21.2 Å². The fraction of sp³-hybridized carbons (Fsp3) is 0.100. The lowest BCUT2D eigenvalue weighted by Crippen LogP contribution is -2.07. The summed E-state index contributed by atoms with van der Waals surface area (Å²) in [6.07, 6.45) is 3.19. The van der Waals surface area contributed by atoms with Crippen molar-refractivity contribution < 1.29 is 4.79 Å². The predicted molar refractivity (Wildman–Crippen MR) is 57.6 cm³/mol. The van der Waals surface area contributed by atoms with Gasteiger partial charge in [0.1, 0.15) is 0 Å². The predicted octanol–water partition coefficient (Wildman–Crippen LogP) is 2.96. The summed E-state index contributed by atoms with van der Waals surface area (Å²) in [5, 5.41) is 2.73. The Morgan fingerprint density at radius 1 is 1.54 bits per heavy atom. The molecule has 0 atom stereocenters. The summed E-state index contributed by atoms with van der Waals surface area (Å²) < 4.78 is 0.950. The Morgan fingerprint density at radius 3 is 2.92 bits per heavy atom. The molecule has 0 spiro atoms. The second-order valence-corrected chi connectivity index (χ2v) is 3.42. The van der Waals surface area contributed by atoms with Crippen molar-refractivity contribution in [3.63, 3.8) is 0 Å². The van der Waals surface area contributed by atoms with Gasteiger partial charge in [-0.1, -0.05) is 28.1 Å². The van der Waals surface area contributed by atoms with Crippen LogP contribution in [0.1, 0.15) is 6.92 Å². The van der Waals surface area contributed by atoms with E-state index in [4.69, 9.17) is 0 Å². The van der Waals surface area contributed by atoms with Gasteiger partial charge in [-0.2, -0.15) is 0 Å². The average molecular weight is 240 g/mol. The molecule has 1 aromatic carbocycles. The van der Waals surface area contributed by atoms with Crippen LogP contribution >= 0.6 is 15.9 Å². The van der Waals surface area contributed by atoms with Crippen LogP contribution in [0.15, 0.2) is 40.9 Å². The number of halogens is 1. The third-order valence-corrected chi connectivity index (χ3v) is 1.90. The quantitative estimate of drug-likeness (QED) is 0.791. The monoisotopic (exact) mass is 239 g/mol. The number of hydrogen-bond donors (Lipinski definition) is 1. The Kier molecular flexibility index (Phi) is 3.71. The van der Waals surface area contributed by atoms with Crippen molar-refractivity contribution in [3.05, 3.63) is 40.9 Å². The summed E-state index contributed by atoms with van der Waals surface area (Å²) in [4.78, 5) is 11.1. The van der Waals surface area contributed by atoms with Gasteiger partial charge in [0.15, 0.2) is 0 Å². The molecule has 0 aliphatic heterocycles. The molecule has 0 bridgehead atoms. The van der Waals surface area contributed by atoms with Gasteiger partial charge in [-0.3, -0.25) is 4.79 Å². The second kappa shape index (κ2) is 4.82. The molecule has 0 aliphatic rings. The molecule has 0 radical (unpaired) electrons. The maximum atomic E-state index is 11.1.